The summed E-state index contributed by atoms with van der Waals surface area (Å²) in [5.74, 6) is -0.546. The SMILES string of the molecule is O=C(CCSc1ccc(F)cc1)NNC(=O)Cc1c(Cl)cccc1Cl. The van der Waals surface area contributed by atoms with E-state index in [1.54, 1.807) is 30.3 Å². The first-order chi connectivity index (χ1) is 12.0. The lowest BCUT2D eigenvalue weighted by molar-refractivity contribution is -0.128. The predicted octanol–water partition coefficient (Wildman–Crippen LogP) is 4.00. The molecule has 2 N–H and O–H groups in total. The third kappa shape index (κ3) is 6.57. The maximum atomic E-state index is 12.8. The molecule has 4 nitrogen and oxygen atoms in total. The van der Waals surface area contributed by atoms with E-state index >= 15 is 0 Å². The highest BCUT2D eigenvalue weighted by molar-refractivity contribution is 7.99. The average Bonchev–Trinajstić information content (AvgIpc) is 2.58. The average molecular weight is 401 g/mol. The second kappa shape index (κ2) is 9.65. The summed E-state index contributed by atoms with van der Waals surface area (Å²) in [6.45, 7) is 0. The second-order valence-corrected chi connectivity index (χ2v) is 7.01. The van der Waals surface area contributed by atoms with Crippen LogP contribution in [0.25, 0.3) is 0 Å². The van der Waals surface area contributed by atoms with Crippen molar-refractivity contribution in [3.8, 4) is 0 Å². The molecule has 0 saturated heterocycles. The number of nitrogens with one attached hydrogen (secondary N) is 2. The van der Waals surface area contributed by atoms with Gasteiger partial charge in [-0.3, -0.25) is 20.4 Å². The van der Waals surface area contributed by atoms with Crippen molar-refractivity contribution in [2.45, 2.75) is 17.7 Å². The summed E-state index contributed by atoms with van der Waals surface area (Å²) in [4.78, 5) is 24.5. The molecule has 0 spiro atoms. The lowest BCUT2D eigenvalue weighted by Gasteiger charge is -2.09. The molecule has 2 aromatic rings. The molecule has 0 aliphatic rings. The first kappa shape index (κ1) is 19.6. The van der Waals surface area contributed by atoms with Gasteiger partial charge < -0.3 is 0 Å². The van der Waals surface area contributed by atoms with Crippen molar-refractivity contribution in [1.82, 2.24) is 10.9 Å². The van der Waals surface area contributed by atoms with Gasteiger partial charge in [0.2, 0.25) is 11.8 Å². The van der Waals surface area contributed by atoms with Crippen LogP contribution in [0.2, 0.25) is 10.0 Å². The van der Waals surface area contributed by atoms with Gasteiger partial charge >= 0.3 is 0 Å². The van der Waals surface area contributed by atoms with Crippen LogP contribution < -0.4 is 10.9 Å². The van der Waals surface area contributed by atoms with E-state index in [0.29, 0.717) is 21.4 Å². The van der Waals surface area contributed by atoms with Crippen LogP contribution in [0.5, 0.6) is 0 Å². The van der Waals surface area contributed by atoms with Crippen molar-refractivity contribution in [2.24, 2.45) is 0 Å². The van der Waals surface area contributed by atoms with Gasteiger partial charge in [-0.1, -0.05) is 29.3 Å². The topological polar surface area (TPSA) is 58.2 Å². The van der Waals surface area contributed by atoms with Gasteiger partial charge in [-0.15, -0.1) is 11.8 Å². The maximum absolute atomic E-state index is 12.8. The van der Waals surface area contributed by atoms with E-state index in [9.17, 15) is 14.0 Å². The van der Waals surface area contributed by atoms with Crippen molar-refractivity contribution in [1.29, 1.82) is 0 Å². The van der Waals surface area contributed by atoms with Crippen LogP contribution >= 0.6 is 35.0 Å². The monoisotopic (exact) mass is 400 g/mol. The standard InChI is InChI=1S/C17H15Cl2FN2O2S/c18-14-2-1-3-15(19)13(14)10-17(24)22-21-16(23)8-9-25-12-6-4-11(20)5-7-12/h1-7H,8-10H2,(H,21,23)(H,22,24). The van der Waals surface area contributed by atoms with Crippen LogP contribution in [0.4, 0.5) is 4.39 Å². The zero-order valence-electron chi connectivity index (χ0n) is 13.0. The fourth-order valence-corrected chi connectivity index (χ4v) is 3.28. The molecule has 0 bridgehead atoms. The Labute approximate surface area is 159 Å². The van der Waals surface area contributed by atoms with Gasteiger partial charge in [0.1, 0.15) is 5.82 Å². The molecule has 2 aromatic carbocycles. The molecule has 0 heterocycles. The van der Waals surface area contributed by atoms with Crippen molar-refractivity contribution in [2.75, 3.05) is 5.75 Å². The van der Waals surface area contributed by atoms with Crippen molar-refractivity contribution < 1.29 is 14.0 Å². The van der Waals surface area contributed by atoms with E-state index in [1.165, 1.54) is 23.9 Å². The third-order valence-electron chi connectivity index (χ3n) is 3.15. The number of rotatable bonds is 6. The molecule has 0 radical (unpaired) electrons. The first-order valence-corrected chi connectivity index (χ1v) is 9.09. The third-order valence-corrected chi connectivity index (χ3v) is 4.87. The summed E-state index contributed by atoms with van der Waals surface area (Å²) in [7, 11) is 0. The predicted molar refractivity (Wildman–Crippen MR) is 98.2 cm³/mol. The van der Waals surface area contributed by atoms with Gasteiger partial charge in [0.15, 0.2) is 0 Å². The Hall–Kier alpha value is -1.76. The Balaban J connectivity index is 1.70. The number of carbonyl (C=O) groups excluding carboxylic acids is 2. The summed E-state index contributed by atoms with van der Waals surface area (Å²) in [6.07, 6.45) is 0.165. The number of carbonyl (C=O) groups is 2. The molecule has 0 atom stereocenters. The molecule has 8 heteroatoms. The van der Waals surface area contributed by atoms with E-state index in [-0.39, 0.29) is 24.6 Å². The van der Waals surface area contributed by atoms with E-state index < -0.39 is 5.91 Å². The summed E-state index contributed by atoms with van der Waals surface area (Å²) < 4.78 is 12.8. The van der Waals surface area contributed by atoms with E-state index in [2.05, 4.69) is 10.9 Å². The molecule has 0 aromatic heterocycles. The number of hydrazine groups is 1. The van der Waals surface area contributed by atoms with Crippen molar-refractivity contribution in [3.05, 3.63) is 63.9 Å². The number of amides is 2. The molecule has 0 unspecified atom stereocenters. The minimum Gasteiger partial charge on any atom is -0.273 e. The van der Waals surface area contributed by atoms with Crippen LogP contribution in [0, 0.1) is 5.82 Å². The van der Waals surface area contributed by atoms with E-state index in [1.807, 2.05) is 0 Å². The quantitative estimate of drug-likeness (QED) is 0.568. The summed E-state index contributed by atoms with van der Waals surface area (Å²) in [5.41, 5.74) is 5.17. The Bertz CT molecular complexity index is 737. The van der Waals surface area contributed by atoms with Crippen LogP contribution in [-0.4, -0.2) is 17.6 Å². The highest BCUT2D eigenvalue weighted by atomic mass is 35.5. The molecular weight excluding hydrogens is 386 g/mol. The normalized spacial score (nSPS) is 10.4. The Morgan fingerprint density at radius 1 is 0.960 bits per heavy atom. The zero-order chi connectivity index (χ0) is 18.2. The van der Waals surface area contributed by atoms with Gasteiger partial charge in [0, 0.05) is 27.1 Å². The van der Waals surface area contributed by atoms with E-state index in [0.717, 1.165) is 4.90 Å². The maximum Gasteiger partial charge on any atom is 0.242 e. The van der Waals surface area contributed by atoms with Crippen LogP contribution in [0.1, 0.15) is 12.0 Å². The minimum absolute atomic E-state index is 0.0386. The van der Waals surface area contributed by atoms with Gasteiger partial charge in [-0.05, 0) is 42.0 Å². The summed E-state index contributed by atoms with van der Waals surface area (Å²) >= 11 is 13.4. The molecular formula is C17H15Cl2FN2O2S. The highest BCUT2D eigenvalue weighted by Crippen LogP contribution is 2.24. The molecule has 25 heavy (non-hydrogen) atoms. The number of thioether (sulfide) groups is 1. The number of benzene rings is 2. The fraction of sp³-hybridized carbons (Fsp3) is 0.176. The lowest BCUT2D eigenvalue weighted by atomic mass is 10.1. The number of hydrogen-bond acceptors (Lipinski definition) is 3. The first-order valence-electron chi connectivity index (χ1n) is 7.34. The van der Waals surface area contributed by atoms with Crippen molar-refractivity contribution >= 4 is 46.8 Å². The van der Waals surface area contributed by atoms with Crippen LogP contribution in [0.3, 0.4) is 0 Å². The Morgan fingerprint density at radius 3 is 2.20 bits per heavy atom. The smallest absolute Gasteiger partial charge is 0.242 e. The van der Waals surface area contributed by atoms with Gasteiger partial charge in [0.25, 0.3) is 0 Å². The minimum atomic E-state index is -0.422. The molecule has 0 aliphatic carbocycles. The molecule has 0 fully saturated rings. The van der Waals surface area contributed by atoms with Crippen LogP contribution in [0.15, 0.2) is 47.4 Å². The molecule has 132 valence electrons. The zero-order valence-corrected chi connectivity index (χ0v) is 15.3. The fourth-order valence-electron chi connectivity index (χ4n) is 1.90. The Kier molecular flexibility index (Phi) is 7.55. The van der Waals surface area contributed by atoms with E-state index in [4.69, 9.17) is 23.2 Å². The number of halogens is 3. The highest BCUT2D eigenvalue weighted by Gasteiger charge is 2.11. The van der Waals surface area contributed by atoms with Crippen LogP contribution in [-0.2, 0) is 16.0 Å². The molecule has 2 amide bonds. The van der Waals surface area contributed by atoms with Gasteiger partial charge in [-0.25, -0.2) is 4.39 Å². The summed E-state index contributed by atoms with van der Waals surface area (Å²) in [6, 6.07) is 11.0. The van der Waals surface area contributed by atoms with Gasteiger partial charge in [-0.2, -0.15) is 0 Å². The molecule has 2 rings (SSSR count). The largest absolute Gasteiger partial charge is 0.273 e. The van der Waals surface area contributed by atoms with Crippen molar-refractivity contribution in [3.63, 3.8) is 0 Å². The Morgan fingerprint density at radius 2 is 1.56 bits per heavy atom. The number of hydrogen-bond donors (Lipinski definition) is 2. The second-order valence-electron chi connectivity index (χ2n) is 5.03. The molecule has 0 aliphatic heterocycles. The lowest BCUT2D eigenvalue weighted by Crippen LogP contribution is -2.42. The summed E-state index contributed by atoms with van der Waals surface area (Å²) in [5, 5.41) is 0.786. The van der Waals surface area contributed by atoms with Gasteiger partial charge in [0.05, 0.1) is 6.42 Å². The molecule has 0 saturated carbocycles.